The fourth-order valence-corrected chi connectivity index (χ4v) is 3.52. The molecule has 128 valence electrons. The van der Waals surface area contributed by atoms with Crippen LogP contribution in [-0.4, -0.2) is 54.5 Å². The van der Waals surface area contributed by atoms with Gasteiger partial charge in [-0.3, -0.25) is 14.5 Å². The zero-order chi connectivity index (χ0) is 16.7. The average Bonchev–Trinajstić information content (AvgIpc) is 3.33. The number of hydrogen-bond donors (Lipinski definition) is 3. The largest absolute Gasteiger partial charge is 0.354 e. The van der Waals surface area contributed by atoms with Gasteiger partial charge in [0.1, 0.15) is 12.1 Å². The van der Waals surface area contributed by atoms with E-state index in [4.69, 9.17) is 0 Å². The van der Waals surface area contributed by atoms with Crippen LogP contribution >= 0.6 is 0 Å². The third-order valence-corrected chi connectivity index (χ3v) is 5.52. The minimum Gasteiger partial charge on any atom is -0.354 e. The predicted molar refractivity (Wildman–Crippen MR) is 84.6 cm³/mol. The number of carbonyl (C=O) groups excluding carboxylic acids is 3. The van der Waals surface area contributed by atoms with Gasteiger partial charge < -0.3 is 16.0 Å². The van der Waals surface area contributed by atoms with E-state index in [1.165, 1.54) is 0 Å². The van der Waals surface area contributed by atoms with Crippen LogP contribution in [0.4, 0.5) is 4.79 Å². The second kappa shape index (κ2) is 5.78. The second-order valence-corrected chi connectivity index (χ2v) is 7.64. The Hall–Kier alpha value is -1.63. The molecule has 0 bridgehead atoms. The van der Waals surface area contributed by atoms with Crippen LogP contribution < -0.4 is 16.0 Å². The summed E-state index contributed by atoms with van der Waals surface area (Å²) in [6.45, 7) is 6.22. The van der Waals surface area contributed by atoms with Crippen molar-refractivity contribution in [2.24, 2.45) is 11.3 Å². The summed E-state index contributed by atoms with van der Waals surface area (Å²) in [7, 11) is 0. The molecule has 2 saturated heterocycles. The van der Waals surface area contributed by atoms with Gasteiger partial charge in [-0.05, 0) is 57.0 Å². The van der Waals surface area contributed by atoms with Crippen LogP contribution in [0.5, 0.6) is 0 Å². The molecule has 0 spiro atoms. The number of imide groups is 1. The number of hydrogen-bond acceptors (Lipinski definition) is 4. The number of nitrogens with one attached hydrogen (secondary N) is 3. The molecule has 2 aliphatic heterocycles. The lowest BCUT2D eigenvalue weighted by molar-refractivity contribution is -0.135. The van der Waals surface area contributed by atoms with Gasteiger partial charge in [0.05, 0.1) is 0 Å². The summed E-state index contributed by atoms with van der Waals surface area (Å²) < 4.78 is 0. The van der Waals surface area contributed by atoms with E-state index < -0.39 is 11.6 Å². The molecule has 0 aromatic rings. The molecule has 23 heavy (non-hydrogen) atoms. The number of nitrogens with zero attached hydrogens (tertiary/aromatic N) is 1. The summed E-state index contributed by atoms with van der Waals surface area (Å²) in [4.78, 5) is 37.7. The summed E-state index contributed by atoms with van der Waals surface area (Å²) in [5.41, 5.74) is -0.737. The Morgan fingerprint density at radius 2 is 1.91 bits per heavy atom. The molecular weight excluding hydrogens is 296 g/mol. The average molecular weight is 322 g/mol. The third-order valence-electron chi connectivity index (χ3n) is 5.52. The van der Waals surface area contributed by atoms with E-state index in [1.807, 2.05) is 0 Å². The second-order valence-electron chi connectivity index (χ2n) is 7.64. The Labute approximate surface area is 136 Å². The van der Waals surface area contributed by atoms with Crippen molar-refractivity contribution in [3.63, 3.8) is 0 Å². The first-order chi connectivity index (χ1) is 10.8. The van der Waals surface area contributed by atoms with E-state index in [2.05, 4.69) is 22.9 Å². The van der Waals surface area contributed by atoms with Crippen molar-refractivity contribution in [3.8, 4) is 0 Å². The molecule has 3 fully saturated rings. The Morgan fingerprint density at radius 1 is 1.26 bits per heavy atom. The molecule has 3 aliphatic rings. The Bertz CT molecular complexity index is 525. The van der Waals surface area contributed by atoms with E-state index in [-0.39, 0.29) is 29.7 Å². The summed E-state index contributed by atoms with van der Waals surface area (Å²) in [6, 6.07) is -0.451. The van der Waals surface area contributed by atoms with Crippen LogP contribution in [0, 0.1) is 11.3 Å². The smallest absolute Gasteiger partial charge is 0.325 e. The molecule has 0 radical (unpaired) electrons. The molecule has 3 rings (SSSR count). The van der Waals surface area contributed by atoms with Crippen LogP contribution in [-0.2, 0) is 9.59 Å². The lowest BCUT2D eigenvalue weighted by Crippen LogP contribution is -2.48. The molecule has 1 unspecified atom stereocenters. The zero-order valence-electron chi connectivity index (χ0n) is 13.9. The summed E-state index contributed by atoms with van der Waals surface area (Å²) >= 11 is 0. The Balaban J connectivity index is 1.53. The summed E-state index contributed by atoms with van der Waals surface area (Å²) in [6.07, 6.45) is 3.93. The standard InChI is InChI=1S/C16H26N4O3/c1-15(5-7-17-8-6-15)10-18-12(21)9-20-13(22)16(2,11-3-4-11)19-14(20)23/h11,17H,3-10H2,1-2H3,(H,18,21)(H,19,23). The van der Waals surface area contributed by atoms with E-state index in [9.17, 15) is 14.4 Å². The lowest BCUT2D eigenvalue weighted by atomic mass is 9.81. The molecule has 3 N–H and O–H groups in total. The molecule has 4 amide bonds. The highest BCUT2D eigenvalue weighted by atomic mass is 16.2. The van der Waals surface area contributed by atoms with Gasteiger partial charge in [-0.25, -0.2) is 4.79 Å². The maximum Gasteiger partial charge on any atom is 0.325 e. The fraction of sp³-hybridized carbons (Fsp3) is 0.812. The first-order valence-corrected chi connectivity index (χ1v) is 8.46. The number of rotatable bonds is 5. The molecule has 1 aliphatic carbocycles. The summed E-state index contributed by atoms with van der Waals surface area (Å²) in [5, 5.41) is 8.96. The van der Waals surface area contributed by atoms with Crippen molar-refractivity contribution >= 4 is 17.8 Å². The van der Waals surface area contributed by atoms with Crippen LogP contribution in [0.3, 0.4) is 0 Å². The van der Waals surface area contributed by atoms with E-state index >= 15 is 0 Å². The highest BCUT2D eigenvalue weighted by Gasteiger charge is 2.56. The van der Waals surface area contributed by atoms with Crippen molar-refractivity contribution < 1.29 is 14.4 Å². The lowest BCUT2D eigenvalue weighted by Gasteiger charge is -2.34. The first-order valence-electron chi connectivity index (χ1n) is 8.46. The number of urea groups is 1. The van der Waals surface area contributed by atoms with Gasteiger partial charge in [-0.2, -0.15) is 0 Å². The zero-order valence-corrected chi connectivity index (χ0v) is 13.9. The third kappa shape index (κ3) is 3.20. The molecule has 1 atom stereocenters. The van der Waals surface area contributed by atoms with E-state index in [0.29, 0.717) is 6.54 Å². The van der Waals surface area contributed by atoms with Crippen LogP contribution in [0.1, 0.15) is 39.5 Å². The van der Waals surface area contributed by atoms with Gasteiger partial charge in [0.25, 0.3) is 5.91 Å². The van der Waals surface area contributed by atoms with Crippen molar-refractivity contribution in [3.05, 3.63) is 0 Å². The van der Waals surface area contributed by atoms with Crippen molar-refractivity contribution in [2.45, 2.75) is 45.1 Å². The van der Waals surface area contributed by atoms with Crippen LogP contribution in [0.25, 0.3) is 0 Å². The van der Waals surface area contributed by atoms with Gasteiger partial charge in [0, 0.05) is 6.54 Å². The minimum absolute atomic E-state index is 0.0840. The SMILES string of the molecule is CC1(CNC(=O)CN2C(=O)NC(C)(C3CC3)C2=O)CCNCC1. The molecule has 2 heterocycles. The Kier molecular flexibility index (Phi) is 4.08. The number of amides is 4. The maximum absolute atomic E-state index is 12.5. The van der Waals surface area contributed by atoms with Crippen molar-refractivity contribution in [1.82, 2.24) is 20.9 Å². The van der Waals surface area contributed by atoms with Crippen LogP contribution in [0.15, 0.2) is 0 Å². The number of carbonyl (C=O) groups is 3. The maximum atomic E-state index is 12.5. The number of piperidine rings is 1. The van der Waals surface area contributed by atoms with Crippen LogP contribution in [0.2, 0.25) is 0 Å². The molecule has 7 heteroatoms. The molecule has 0 aromatic carbocycles. The van der Waals surface area contributed by atoms with Gasteiger partial charge in [-0.1, -0.05) is 6.92 Å². The van der Waals surface area contributed by atoms with Gasteiger partial charge in [0.2, 0.25) is 5.91 Å². The highest BCUT2D eigenvalue weighted by Crippen LogP contribution is 2.42. The quantitative estimate of drug-likeness (QED) is 0.631. The fourth-order valence-electron chi connectivity index (χ4n) is 3.52. The van der Waals surface area contributed by atoms with Gasteiger partial charge in [0.15, 0.2) is 0 Å². The van der Waals surface area contributed by atoms with Gasteiger partial charge >= 0.3 is 6.03 Å². The topological polar surface area (TPSA) is 90.5 Å². The Morgan fingerprint density at radius 3 is 2.52 bits per heavy atom. The monoisotopic (exact) mass is 322 g/mol. The van der Waals surface area contributed by atoms with E-state index in [1.54, 1.807) is 6.92 Å². The minimum atomic E-state index is -0.821. The first kappa shape index (κ1) is 16.2. The molecule has 1 saturated carbocycles. The van der Waals surface area contributed by atoms with E-state index in [0.717, 1.165) is 43.7 Å². The normalized spacial score (nSPS) is 30.3. The van der Waals surface area contributed by atoms with Gasteiger partial charge in [-0.15, -0.1) is 0 Å². The molecular formula is C16H26N4O3. The van der Waals surface area contributed by atoms with Crippen molar-refractivity contribution in [1.29, 1.82) is 0 Å². The van der Waals surface area contributed by atoms with Crippen molar-refractivity contribution in [2.75, 3.05) is 26.2 Å². The molecule has 7 nitrogen and oxygen atoms in total. The summed E-state index contributed by atoms with van der Waals surface area (Å²) in [5.74, 6) is -0.331. The molecule has 0 aromatic heterocycles. The highest BCUT2D eigenvalue weighted by molar-refractivity contribution is 6.09. The predicted octanol–water partition coefficient (Wildman–Crippen LogP) is 0.213.